The van der Waals surface area contributed by atoms with E-state index in [-0.39, 0.29) is 6.61 Å². The predicted octanol–water partition coefficient (Wildman–Crippen LogP) is 1.99. The molecule has 0 aromatic heterocycles. The first kappa shape index (κ1) is 18.0. The molecule has 1 heterocycles. The number of aliphatic hydroxyl groups excluding tert-OH is 1. The number of ether oxygens (including phenoxy) is 1. The Morgan fingerprint density at radius 1 is 1.13 bits per heavy atom. The molecule has 4 nitrogen and oxygen atoms in total. The predicted molar refractivity (Wildman–Crippen MR) is 81.5 cm³/mol. The smallest absolute Gasteiger partial charge is 0.403 e. The van der Waals surface area contributed by atoms with Crippen LogP contribution < -0.4 is 4.74 Å². The first-order chi connectivity index (χ1) is 10.9. The van der Waals surface area contributed by atoms with Crippen LogP contribution in [0.15, 0.2) is 30.3 Å². The van der Waals surface area contributed by atoms with Crippen molar-refractivity contribution in [1.29, 1.82) is 0 Å². The highest BCUT2D eigenvalue weighted by molar-refractivity contribution is 5.20. The molecule has 1 aromatic rings. The van der Waals surface area contributed by atoms with Crippen LogP contribution in [0.3, 0.4) is 0 Å². The zero-order chi connectivity index (χ0) is 16.9. The summed E-state index contributed by atoms with van der Waals surface area (Å²) in [5.74, 6) is 0.690. The number of alkyl halides is 3. The first-order valence-electron chi connectivity index (χ1n) is 7.75. The molecule has 1 aromatic carbocycles. The molecule has 0 bridgehead atoms. The van der Waals surface area contributed by atoms with Gasteiger partial charge in [-0.25, -0.2) is 0 Å². The molecular weight excluding hydrogens is 309 g/mol. The quantitative estimate of drug-likeness (QED) is 0.864. The molecule has 1 aliphatic heterocycles. The summed E-state index contributed by atoms with van der Waals surface area (Å²) in [6.45, 7) is 3.51. The molecule has 7 heteroatoms. The minimum Gasteiger partial charge on any atom is -0.491 e. The summed E-state index contributed by atoms with van der Waals surface area (Å²) in [4.78, 5) is 3.40. The number of piperazine rings is 1. The molecule has 2 unspecified atom stereocenters. The Morgan fingerprint density at radius 2 is 1.74 bits per heavy atom. The third kappa shape index (κ3) is 5.67. The monoisotopic (exact) mass is 332 g/mol. The fourth-order valence-electron chi connectivity index (χ4n) is 2.60. The van der Waals surface area contributed by atoms with Gasteiger partial charge in [-0.2, -0.15) is 13.2 Å². The Labute approximate surface area is 134 Å². The summed E-state index contributed by atoms with van der Waals surface area (Å²) >= 11 is 0. The van der Waals surface area contributed by atoms with E-state index >= 15 is 0 Å². The minimum absolute atomic E-state index is 0.170. The van der Waals surface area contributed by atoms with E-state index in [0.717, 1.165) is 0 Å². The molecule has 1 aliphatic rings. The standard InChI is InChI=1S/C16H23F3N2O2/c1-13(16(17,18)19)21-9-7-20(8-10-21)11-14(22)12-23-15-5-3-2-4-6-15/h2-6,13-14,22H,7-12H2,1H3. The lowest BCUT2D eigenvalue weighted by atomic mass is 10.2. The third-order valence-corrected chi connectivity index (χ3v) is 4.08. The van der Waals surface area contributed by atoms with Crippen molar-refractivity contribution in [1.82, 2.24) is 9.80 Å². The first-order valence-corrected chi connectivity index (χ1v) is 7.75. The van der Waals surface area contributed by atoms with Crippen LogP contribution >= 0.6 is 0 Å². The Hall–Kier alpha value is -1.31. The molecule has 1 saturated heterocycles. The van der Waals surface area contributed by atoms with Gasteiger partial charge in [0.2, 0.25) is 0 Å². The molecule has 130 valence electrons. The second kappa shape index (κ2) is 7.99. The minimum atomic E-state index is -4.19. The zero-order valence-corrected chi connectivity index (χ0v) is 13.2. The Kier molecular flexibility index (Phi) is 6.26. The average Bonchev–Trinajstić information content (AvgIpc) is 2.53. The lowest BCUT2D eigenvalue weighted by Gasteiger charge is -2.39. The van der Waals surface area contributed by atoms with Gasteiger partial charge in [0.25, 0.3) is 0 Å². The largest absolute Gasteiger partial charge is 0.491 e. The number of aliphatic hydroxyl groups is 1. The van der Waals surface area contributed by atoms with Gasteiger partial charge in [0.1, 0.15) is 24.5 Å². The van der Waals surface area contributed by atoms with Crippen LogP contribution in [0.25, 0.3) is 0 Å². The molecule has 0 amide bonds. The van der Waals surface area contributed by atoms with Gasteiger partial charge in [-0.05, 0) is 19.1 Å². The number of para-hydroxylation sites is 1. The van der Waals surface area contributed by atoms with Gasteiger partial charge in [0, 0.05) is 32.7 Å². The molecule has 2 rings (SSSR count). The number of β-amino-alcohol motifs (C(OH)–C–C–N with tert-alkyl or cyclic N) is 1. The fraction of sp³-hybridized carbons (Fsp3) is 0.625. The Balaban J connectivity index is 1.69. The highest BCUT2D eigenvalue weighted by Gasteiger charge is 2.40. The molecule has 23 heavy (non-hydrogen) atoms. The van der Waals surface area contributed by atoms with Gasteiger partial charge >= 0.3 is 6.18 Å². The van der Waals surface area contributed by atoms with Gasteiger partial charge in [0.15, 0.2) is 0 Å². The van der Waals surface area contributed by atoms with Crippen molar-refractivity contribution in [3.05, 3.63) is 30.3 Å². The highest BCUT2D eigenvalue weighted by atomic mass is 19.4. The molecule has 2 atom stereocenters. The van der Waals surface area contributed by atoms with Crippen molar-refractivity contribution in [2.75, 3.05) is 39.3 Å². The van der Waals surface area contributed by atoms with Crippen molar-refractivity contribution < 1.29 is 23.0 Å². The molecular formula is C16H23F3N2O2. The van der Waals surface area contributed by atoms with Crippen molar-refractivity contribution in [2.24, 2.45) is 0 Å². The fourth-order valence-corrected chi connectivity index (χ4v) is 2.60. The van der Waals surface area contributed by atoms with Crippen LogP contribution in [0.5, 0.6) is 5.75 Å². The average molecular weight is 332 g/mol. The van der Waals surface area contributed by atoms with Crippen molar-refractivity contribution in [3.8, 4) is 5.75 Å². The van der Waals surface area contributed by atoms with Gasteiger partial charge < -0.3 is 9.84 Å². The van der Waals surface area contributed by atoms with Gasteiger partial charge in [-0.3, -0.25) is 9.80 Å². The van der Waals surface area contributed by atoms with E-state index in [1.54, 1.807) is 0 Å². The Bertz CT molecular complexity index is 462. The topological polar surface area (TPSA) is 35.9 Å². The van der Waals surface area contributed by atoms with Gasteiger partial charge in [0.05, 0.1) is 0 Å². The van der Waals surface area contributed by atoms with Crippen LogP contribution in [0, 0.1) is 0 Å². The lowest BCUT2D eigenvalue weighted by molar-refractivity contribution is -0.182. The van der Waals surface area contributed by atoms with E-state index in [9.17, 15) is 18.3 Å². The van der Waals surface area contributed by atoms with E-state index in [4.69, 9.17) is 4.74 Å². The van der Waals surface area contributed by atoms with E-state index < -0.39 is 18.3 Å². The summed E-state index contributed by atoms with van der Waals surface area (Å²) < 4.78 is 43.5. The van der Waals surface area contributed by atoms with Crippen LogP contribution in [-0.4, -0.2) is 72.6 Å². The van der Waals surface area contributed by atoms with Crippen LogP contribution in [0.4, 0.5) is 13.2 Å². The van der Waals surface area contributed by atoms with Crippen LogP contribution in [-0.2, 0) is 0 Å². The number of benzene rings is 1. The highest BCUT2D eigenvalue weighted by Crippen LogP contribution is 2.25. The number of halogens is 3. The van der Waals surface area contributed by atoms with Crippen molar-refractivity contribution >= 4 is 0 Å². The Morgan fingerprint density at radius 3 is 2.30 bits per heavy atom. The molecule has 0 spiro atoms. The maximum absolute atomic E-state index is 12.7. The molecule has 0 aliphatic carbocycles. The molecule has 1 N–H and O–H groups in total. The SMILES string of the molecule is CC(N1CCN(CC(O)COc2ccccc2)CC1)C(F)(F)F. The van der Waals surface area contributed by atoms with Crippen molar-refractivity contribution in [3.63, 3.8) is 0 Å². The van der Waals surface area contributed by atoms with E-state index in [1.165, 1.54) is 11.8 Å². The van der Waals surface area contributed by atoms with Crippen LogP contribution in [0.2, 0.25) is 0 Å². The molecule has 0 saturated carbocycles. The summed E-state index contributed by atoms with van der Waals surface area (Å²) in [5, 5.41) is 10.0. The van der Waals surface area contributed by atoms with Crippen molar-refractivity contribution in [2.45, 2.75) is 25.2 Å². The number of rotatable bonds is 6. The van der Waals surface area contributed by atoms with Crippen LogP contribution in [0.1, 0.15) is 6.92 Å². The van der Waals surface area contributed by atoms with Gasteiger partial charge in [-0.15, -0.1) is 0 Å². The summed E-state index contributed by atoms with van der Waals surface area (Å²) in [7, 11) is 0. The normalized spacial score (nSPS) is 20.2. The van der Waals surface area contributed by atoms with E-state index in [1.807, 2.05) is 35.2 Å². The molecule has 0 radical (unpaired) electrons. The number of hydrogen-bond acceptors (Lipinski definition) is 4. The maximum atomic E-state index is 12.7. The van der Waals surface area contributed by atoms with Gasteiger partial charge in [-0.1, -0.05) is 18.2 Å². The van der Waals surface area contributed by atoms with E-state index in [0.29, 0.717) is 38.5 Å². The lowest BCUT2D eigenvalue weighted by Crippen LogP contribution is -2.54. The second-order valence-electron chi connectivity index (χ2n) is 5.83. The third-order valence-electron chi connectivity index (χ3n) is 4.08. The summed E-state index contributed by atoms with van der Waals surface area (Å²) in [6.07, 6.45) is -4.85. The molecule has 1 fully saturated rings. The second-order valence-corrected chi connectivity index (χ2v) is 5.83. The summed E-state index contributed by atoms with van der Waals surface area (Å²) in [6, 6.07) is 7.78. The number of nitrogens with zero attached hydrogens (tertiary/aromatic N) is 2. The maximum Gasteiger partial charge on any atom is 0.403 e. The number of hydrogen-bond donors (Lipinski definition) is 1. The van der Waals surface area contributed by atoms with E-state index in [2.05, 4.69) is 0 Å². The summed E-state index contributed by atoms with van der Waals surface area (Å²) in [5.41, 5.74) is 0. The zero-order valence-electron chi connectivity index (χ0n) is 13.2.